The standard InChI is InChI=1S/C16H17BrN2O2/c1-19(10-13-6-7-15(17)21-13)16(20)14-8-11-4-2-3-5-12(11)9-18-14/h2-7,14,18H,8-10H2,1H3. The lowest BCUT2D eigenvalue weighted by atomic mass is 9.95. The van der Waals surface area contributed by atoms with Crippen LogP contribution < -0.4 is 5.32 Å². The third-order valence-corrected chi connectivity index (χ3v) is 4.20. The minimum atomic E-state index is -0.164. The molecule has 1 unspecified atom stereocenters. The molecule has 4 nitrogen and oxygen atoms in total. The average molecular weight is 349 g/mol. The fraction of sp³-hybridized carbons (Fsp3) is 0.312. The average Bonchev–Trinajstić information content (AvgIpc) is 2.91. The van der Waals surface area contributed by atoms with E-state index in [0.29, 0.717) is 11.2 Å². The zero-order valence-corrected chi connectivity index (χ0v) is 13.4. The number of amides is 1. The highest BCUT2D eigenvalue weighted by Crippen LogP contribution is 2.19. The molecule has 0 aliphatic carbocycles. The molecule has 1 amide bonds. The number of benzene rings is 1. The van der Waals surface area contributed by atoms with Crippen molar-refractivity contribution in [3.63, 3.8) is 0 Å². The number of nitrogens with zero attached hydrogens (tertiary/aromatic N) is 1. The van der Waals surface area contributed by atoms with E-state index in [1.54, 1.807) is 11.9 Å². The van der Waals surface area contributed by atoms with Crippen LogP contribution in [0.4, 0.5) is 0 Å². The number of halogens is 1. The van der Waals surface area contributed by atoms with E-state index in [1.807, 2.05) is 24.3 Å². The van der Waals surface area contributed by atoms with Gasteiger partial charge in [0.15, 0.2) is 4.67 Å². The predicted molar refractivity (Wildman–Crippen MR) is 83.7 cm³/mol. The first-order valence-corrected chi connectivity index (χ1v) is 7.72. The summed E-state index contributed by atoms with van der Waals surface area (Å²) >= 11 is 3.27. The third-order valence-electron chi connectivity index (χ3n) is 3.78. The summed E-state index contributed by atoms with van der Waals surface area (Å²) in [5.41, 5.74) is 2.53. The Hall–Kier alpha value is -1.59. The second kappa shape index (κ2) is 6.03. The van der Waals surface area contributed by atoms with Crippen molar-refractivity contribution < 1.29 is 9.21 Å². The molecule has 3 rings (SSSR count). The van der Waals surface area contributed by atoms with Crippen molar-refractivity contribution in [2.45, 2.75) is 25.6 Å². The first kappa shape index (κ1) is 14.4. The van der Waals surface area contributed by atoms with E-state index in [-0.39, 0.29) is 11.9 Å². The Morgan fingerprint density at radius 3 is 2.81 bits per heavy atom. The summed E-state index contributed by atoms with van der Waals surface area (Å²) in [5, 5.41) is 3.32. The molecular weight excluding hydrogens is 332 g/mol. The number of furan rings is 1. The molecule has 1 aromatic carbocycles. The van der Waals surface area contributed by atoms with E-state index in [4.69, 9.17) is 4.42 Å². The van der Waals surface area contributed by atoms with Gasteiger partial charge in [-0.05, 0) is 45.6 Å². The highest BCUT2D eigenvalue weighted by Gasteiger charge is 2.26. The number of likely N-dealkylation sites (N-methyl/N-ethyl adjacent to an activating group) is 1. The number of fused-ring (bicyclic) bond motifs is 1. The molecule has 1 aliphatic heterocycles. The summed E-state index contributed by atoms with van der Waals surface area (Å²) in [7, 11) is 1.81. The van der Waals surface area contributed by atoms with E-state index in [1.165, 1.54) is 11.1 Å². The Labute approximate surface area is 132 Å². The zero-order chi connectivity index (χ0) is 14.8. The monoisotopic (exact) mass is 348 g/mol. The van der Waals surface area contributed by atoms with Gasteiger partial charge in [-0.25, -0.2) is 0 Å². The number of hydrogen-bond donors (Lipinski definition) is 1. The van der Waals surface area contributed by atoms with Crippen LogP contribution in [0.1, 0.15) is 16.9 Å². The number of nitrogens with one attached hydrogen (secondary N) is 1. The van der Waals surface area contributed by atoms with Crippen LogP contribution in [-0.2, 0) is 24.3 Å². The van der Waals surface area contributed by atoms with Gasteiger partial charge in [0.25, 0.3) is 0 Å². The van der Waals surface area contributed by atoms with Crippen LogP contribution in [-0.4, -0.2) is 23.9 Å². The van der Waals surface area contributed by atoms with Gasteiger partial charge in [0.1, 0.15) is 5.76 Å². The Balaban J connectivity index is 1.66. The molecule has 2 heterocycles. The number of carbonyl (C=O) groups is 1. The Bertz CT molecular complexity index is 653. The summed E-state index contributed by atoms with van der Waals surface area (Å²) < 4.78 is 6.13. The van der Waals surface area contributed by atoms with Gasteiger partial charge in [-0.1, -0.05) is 24.3 Å². The second-order valence-corrected chi connectivity index (χ2v) is 6.09. The Morgan fingerprint density at radius 2 is 2.10 bits per heavy atom. The fourth-order valence-corrected chi connectivity index (χ4v) is 2.98. The quantitative estimate of drug-likeness (QED) is 0.927. The molecule has 0 spiro atoms. The largest absolute Gasteiger partial charge is 0.452 e. The zero-order valence-electron chi connectivity index (χ0n) is 11.8. The summed E-state index contributed by atoms with van der Waals surface area (Å²) in [4.78, 5) is 14.2. The second-order valence-electron chi connectivity index (χ2n) is 5.31. The van der Waals surface area contributed by atoms with Gasteiger partial charge in [-0.2, -0.15) is 0 Å². The van der Waals surface area contributed by atoms with Crippen molar-refractivity contribution in [1.29, 1.82) is 0 Å². The van der Waals surface area contributed by atoms with Gasteiger partial charge in [0.2, 0.25) is 5.91 Å². The topological polar surface area (TPSA) is 45.5 Å². The molecule has 21 heavy (non-hydrogen) atoms. The van der Waals surface area contributed by atoms with Gasteiger partial charge in [-0.3, -0.25) is 4.79 Å². The van der Waals surface area contributed by atoms with E-state index in [9.17, 15) is 4.79 Å². The van der Waals surface area contributed by atoms with Crippen LogP contribution in [0.15, 0.2) is 45.5 Å². The smallest absolute Gasteiger partial charge is 0.240 e. The lowest BCUT2D eigenvalue weighted by Crippen LogP contribution is -2.47. The number of hydrogen-bond acceptors (Lipinski definition) is 3. The van der Waals surface area contributed by atoms with Gasteiger partial charge in [0.05, 0.1) is 12.6 Å². The minimum absolute atomic E-state index is 0.0945. The van der Waals surface area contributed by atoms with E-state index in [2.05, 4.69) is 33.4 Å². The SMILES string of the molecule is CN(Cc1ccc(Br)o1)C(=O)C1Cc2ccccc2CN1. The maximum absolute atomic E-state index is 12.5. The molecule has 0 radical (unpaired) electrons. The molecule has 0 saturated heterocycles. The molecule has 0 bridgehead atoms. The summed E-state index contributed by atoms with van der Waals surface area (Å²) in [6.07, 6.45) is 0.737. The predicted octanol–water partition coefficient (Wildman–Crippen LogP) is 2.72. The number of carbonyl (C=O) groups excluding carboxylic acids is 1. The maximum atomic E-state index is 12.5. The van der Waals surface area contributed by atoms with E-state index < -0.39 is 0 Å². The lowest BCUT2D eigenvalue weighted by Gasteiger charge is -2.28. The molecule has 1 atom stereocenters. The fourth-order valence-electron chi connectivity index (χ4n) is 2.64. The van der Waals surface area contributed by atoms with Crippen LogP contribution in [0, 0.1) is 0 Å². The van der Waals surface area contributed by atoms with Crippen LogP contribution in [0.2, 0.25) is 0 Å². The summed E-state index contributed by atoms with van der Waals surface area (Å²) in [5.74, 6) is 0.867. The molecule has 5 heteroatoms. The maximum Gasteiger partial charge on any atom is 0.240 e. The highest BCUT2D eigenvalue weighted by atomic mass is 79.9. The Kier molecular flexibility index (Phi) is 4.12. The molecule has 0 saturated carbocycles. The van der Waals surface area contributed by atoms with Gasteiger partial charge in [0, 0.05) is 13.6 Å². The molecule has 2 aromatic rings. The normalized spacial score (nSPS) is 17.3. The van der Waals surface area contributed by atoms with Gasteiger partial charge in [-0.15, -0.1) is 0 Å². The molecule has 1 aliphatic rings. The van der Waals surface area contributed by atoms with Crippen molar-refractivity contribution in [1.82, 2.24) is 10.2 Å². The van der Waals surface area contributed by atoms with Crippen molar-refractivity contribution in [3.8, 4) is 0 Å². The summed E-state index contributed by atoms with van der Waals surface area (Å²) in [6, 6.07) is 11.8. The first-order valence-electron chi connectivity index (χ1n) is 6.93. The first-order chi connectivity index (χ1) is 10.1. The highest BCUT2D eigenvalue weighted by molar-refractivity contribution is 9.10. The number of rotatable bonds is 3. The Morgan fingerprint density at radius 1 is 1.33 bits per heavy atom. The third kappa shape index (κ3) is 3.19. The van der Waals surface area contributed by atoms with Crippen LogP contribution >= 0.6 is 15.9 Å². The van der Waals surface area contributed by atoms with Crippen molar-refractivity contribution in [3.05, 3.63) is 58.0 Å². The lowest BCUT2D eigenvalue weighted by molar-refractivity contribution is -0.133. The minimum Gasteiger partial charge on any atom is -0.452 e. The van der Waals surface area contributed by atoms with Crippen molar-refractivity contribution >= 4 is 21.8 Å². The van der Waals surface area contributed by atoms with E-state index in [0.717, 1.165) is 18.7 Å². The molecule has 1 aromatic heterocycles. The molecule has 110 valence electrons. The van der Waals surface area contributed by atoms with E-state index >= 15 is 0 Å². The van der Waals surface area contributed by atoms with Gasteiger partial charge >= 0.3 is 0 Å². The van der Waals surface area contributed by atoms with Crippen molar-refractivity contribution in [2.75, 3.05) is 7.05 Å². The summed E-state index contributed by atoms with van der Waals surface area (Å²) in [6.45, 7) is 1.22. The molecular formula is C16H17BrN2O2. The van der Waals surface area contributed by atoms with Crippen molar-refractivity contribution in [2.24, 2.45) is 0 Å². The molecule has 1 N–H and O–H groups in total. The van der Waals surface area contributed by atoms with Crippen LogP contribution in [0.5, 0.6) is 0 Å². The van der Waals surface area contributed by atoms with Crippen LogP contribution in [0.25, 0.3) is 0 Å². The molecule has 0 fully saturated rings. The van der Waals surface area contributed by atoms with Crippen LogP contribution in [0.3, 0.4) is 0 Å². The van der Waals surface area contributed by atoms with Gasteiger partial charge < -0.3 is 14.6 Å².